The number of hydrogen-bond donors (Lipinski definition) is 0. The van der Waals surface area contributed by atoms with Crippen molar-refractivity contribution in [3.05, 3.63) is 102 Å². The Balaban J connectivity index is 1.10. The normalized spacial score (nSPS) is 16.1. The summed E-state index contributed by atoms with van der Waals surface area (Å²) in [5.41, 5.74) is 2.75. The second-order valence-corrected chi connectivity index (χ2v) is 13.3. The fourth-order valence-corrected chi connectivity index (χ4v) is 6.14. The van der Waals surface area contributed by atoms with Crippen molar-refractivity contribution in [2.75, 3.05) is 44.2 Å². The van der Waals surface area contributed by atoms with Gasteiger partial charge >= 0.3 is 6.09 Å². The van der Waals surface area contributed by atoms with Crippen LogP contribution in [0.5, 0.6) is 11.8 Å². The van der Waals surface area contributed by atoms with Crippen molar-refractivity contribution in [1.29, 1.82) is 0 Å². The summed E-state index contributed by atoms with van der Waals surface area (Å²) < 4.78 is 33.4. The lowest BCUT2D eigenvalue weighted by Gasteiger charge is -2.43. The number of amides is 1. The van der Waals surface area contributed by atoms with Gasteiger partial charge in [-0.2, -0.15) is 4.98 Å². The van der Waals surface area contributed by atoms with Gasteiger partial charge in [-0.25, -0.2) is 14.2 Å². The molecule has 4 aromatic rings. The van der Waals surface area contributed by atoms with Gasteiger partial charge in [0.25, 0.3) is 0 Å². The number of piperazine rings is 1. The summed E-state index contributed by atoms with van der Waals surface area (Å²) in [6.07, 6.45) is 3.25. The third kappa shape index (κ3) is 8.60. The van der Waals surface area contributed by atoms with Gasteiger partial charge in [0.1, 0.15) is 18.8 Å². The van der Waals surface area contributed by atoms with Crippen LogP contribution >= 0.6 is 0 Å². The SMILES string of the molecule is CC(C)(C)OC(=O)N1CCN(C2CCN(c3ncc(-c4ccc(OCc5ccccc5)nc4OCc4ccccc4)cc3F)CC2)CC1. The minimum absolute atomic E-state index is 0.250. The van der Waals surface area contributed by atoms with E-state index in [2.05, 4.69) is 14.9 Å². The number of halogens is 1. The molecule has 4 heterocycles. The Bertz CT molecular complexity index is 1650. The Labute approximate surface area is 282 Å². The number of ether oxygens (including phenoxy) is 3. The number of hydrogen-bond acceptors (Lipinski definition) is 8. The summed E-state index contributed by atoms with van der Waals surface area (Å²) in [5, 5.41) is 0. The average molecular weight is 654 g/mol. The first kappa shape index (κ1) is 33.2. The summed E-state index contributed by atoms with van der Waals surface area (Å²) in [5.74, 6) is 0.751. The van der Waals surface area contributed by atoms with E-state index in [1.807, 2.05) is 92.4 Å². The van der Waals surface area contributed by atoms with Crippen molar-refractivity contribution in [3.8, 4) is 22.9 Å². The molecule has 0 saturated carbocycles. The standard InChI is InChI=1S/C38H44FN5O4/c1-38(2,3)48-37(45)44-22-20-42(21-23-44)31-16-18-43(19-17-31)35-33(39)24-30(25-40-35)32-14-15-34(46-26-28-10-6-4-7-11-28)41-36(32)47-27-29-12-8-5-9-13-29/h4-15,24-25,31H,16-23,26-27H2,1-3H3. The second kappa shape index (κ2) is 15.0. The van der Waals surface area contributed by atoms with Crippen LogP contribution in [0.2, 0.25) is 0 Å². The van der Waals surface area contributed by atoms with E-state index >= 15 is 4.39 Å². The van der Waals surface area contributed by atoms with Crippen LogP contribution in [0.25, 0.3) is 11.1 Å². The molecule has 2 aromatic heterocycles. The van der Waals surface area contributed by atoms with E-state index in [4.69, 9.17) is 14.2 Å². The molecule has 48 heavy (non-hydrogen) atoms. The molecule has 0 spiro atoms. The smallest absolute Gasteiger partial charge is 0.410 e. The third-order valence-corrected chi connectivity index (χ3v) is 8.66. The monoisotopic (exact) mass is 653 g/mol. The van der Waals surface area contributed by atoms with Crippen LogP contribution in [0.3, 0.4) is 0 Å². The lowest BCUT2D eigenvalue weighted by molar-refractivity contribution is 0.00900. The van der Waals surface area contributed by atoms with Crippen LogP contribution in [0.4, 0.5) is 15.0 Å². The molecular formula is C38H44FN5O4. The van der Waals surface area contributed by atoms with E-state index in [1.54, 1.807) is 17.2 Å². The molecule has 0 aliphatic carbocycles. The van der Waals surface area contributed by atoms with Gasteiger partial charge in [-0.05, 0) is 56.9 Å². The van der Waals surface area contributed by atoms with Gasteiger partial charge in [-0.1, -0.05) is 60.7 Å². The van der Waals surface area contributed by atoms with Crippen LogP contribution in [-0.2, 0) is 18.0 Å². The lowest BCUT2D eigenvalue weighted by Crippen LogP contribution is -2.55. The maximum absolute atomic E-state index is 15.7. The zero-order chi connectivity index (χ0) is 33.5. The van der Waals surface area contributed by atoms with Gasteiger partial charge in [0.05, 0.1) is 0 Å². The Kier molecular flexibility index (Phi) is 10.4. The fraction of sp³-hybridized carbons (Fsp3) is 0.395. The van der Waals surface area contributed by atoms with Crippen molar-refractivity contribution in [1.82, 2.24) is 19.8 Å². The Hall–Kier alpha value is -4.70. The van der Waals surface area contributed by atoms with E-state index in [-0.39, 0.29) is 11.9 Å². The number of pyridine rings is 2. The van der Waals surface area contributed by atoms with Crippen molar-refractivity contribution >= 4 is 11.9 Å². The van der Waals surface area contributed by atoms with Gasteiger partial charge in [-0.3, -0.25) is 4.90 Å². The molecule has 10 heteroatoms. The number of piperidine rings is 1. The van der Waals surface area contributed by atoms with E-state index in [1.165, 1.54) is 6.07 Å². The minimum Gasteiger partial charge on any atom is -0.473 e. The van der Waals surface area contributed by atoms with Gasteiger partial charge < -0.3 is 24.0 Å². The molecule has 6 rings (SSSR count). The number of nitrogens with zero attached hydrogens (tertiary/aromatic N) is 5. The molecule has 2 aliphatic rings. The van der Waals surface area contributed by atoms with Crippen LogP contribution in [-0.4, -0.2) is 76.8 Å². The summed E-state index contributed by atoms with van der Waals surface area (Å²) in [6.45, 7) is 10.7. The number of rotatable bonds is 9. The molecule has 1 amide bonds. The summed E-state index contributed by atoms with van der Waals surface area (Å²) in [7, 11) is 0. The highest BCUT2D eigenvalue weighted by molar-refractivity contribution is 5.70. The predicted octanol–water partition coefficient (Wildman–Crippen LogP) is 6.96. The van der Waals surface area contributed by atoms with Crippen LogP contribution in [0, 0.1) is 5.82 Å². The summed E-state index contributed by atoms with van der Waals surface area (Å²) in [4.78, 5) is 28.0. The quantitative estimate of drug-likeness (QED) is 0.192. The molecule has 2 saturated heterocycles. The van der Waals surface area contributed by atoms with E-state index in [0.717, 1.165) is 37.1 Å². The molecule has 2 aromatic carbocycles. The average Bonchev–Trinajstić information content (AvgIpc) is 3.10. The number of benzene rings is 2. The number of aromatic nitrogens is 2. The van der Waals surface area contributed by atoms with E-state index in [0.29, 0.717) is 74.1 Å². The first-order chi connectivity index (χ1) is 23.2. The highest BCUT2D eigenvalue weighted by atomic mass is 19.1. The minimum atomic E-state index is -0.500. The molecule has 0 atom stereocenters. The van der Waals surface area contributed by atoms with E-state index < -0.39 is 5.60 Å². The van der Waals surface area contributed by atoms with E-state index in [9.17, 15) is 4.79 Å². The maximum Gasteiger partial charge on any atom is 0.410 e. The molecule has 9 nitrogen and oxygen atoms in total. The number of carbonyl (C=O) groups is 1. The lowest BCUT2D eigenvalue weighted by atomic mass is 10.0. The fourth-order valence-electron chi connectivity index (χ4n) is 6.14. The molecule has 0 unspecified atom stereocenters. The second-order valence-electron chi connectivity index (χ2n) is 13.3. The Morgan fingerprint density at radius 1 is 0.833 bits per heavy atom. The summed E-state index contributed by atoms with van der Waals surface area (Å²) in [6, 6.07) is 25.3. The molecule has 252 valence electrons. The van der Waals surface area contributed by atoms with Gasteiger partial charge in [0.15, 0.2) is 11.6 Å². The molecule has 0 bridgehead atoms. The molecule has 0 radical (unpaired) electrons. The van der Waals surface area contributed by atoms with Crippen molar-refractivity contribution in [3.63, 3.8) is 0 Å². The van der Waals surface area contributed by atoms with Crippen molar-refractivity contribution < 1.29 is 23.4 Å². The maximum atomic E-state index is 15.7. The third-order valence-electron chi connectivity index (χ3n) is 8.66. The van der Waals surface area contributed by atoms with Gasteiger partial charge in [0.2, 0.25) is 11.8 Å². The van der Waals surface area contributed by atoms with Crippen molar-refractivity contribution in [2.24, 2.45) is 0 Å². The largest absolute Gasteiger partial charge is 0.473 e. The number of carbonyl (C=O) groups excluding carboxylic acids is 1. The zero-order valence-corrected chi connectivity index (χ0v) is 28.0. The Morgan fingerprint density at radius 3 is 2.06 bits per heavy atom. The molecule has 2 aliphatic heterocycles. The van der Waals surface area contributed by atoms with Crippen molar-refractivity contribution in [2.45, 2.75) is 58.5 Å². The van der Waals surface area contributed by atoms with Crippen LogP contribution in [0.1, 0.15) is 44.7 Å². The molecular weight excluding hydrogens is 609 g/mol. The van der Waals surface area contributed by atoms with Crippen LogP contribution in [0.15, 0.2) is 85.1 Å². The molecule has 2 fully saturated rings. The van der Waals surface area contributed by atoms with Gasteiger partial charge in [0, 0.05) is 68.7 Å². The zero-order valence-electron chi connectivity index (χ0n) is 28.0. The topological polar surface area (TPSA) is 80.3 Å². The first-order valence-electron chi connectivity index (χ1n) is 16.7. The van der Waals surface area contributed by atoms with Crippen LogP contribution < -0.4 is 14.4 Å². The highest BCUT2D eigenvalue weighted by Gasteiger charge is 2.31. The molecule has 0 N–H and O–H groups in total. The predicted molar refractivity (Wildman–Crippen MR) is 184 cm³/mol. The van der Waals surface area contributed by atoms with Gasteiger partial charge in [-0.15, -0.1) is 0 Å². The number of anilines is 1. The first-order valence-corrected chi connectivity index (χ1v) is 16.7. The summed E-state index contributed by atoms with van der Waals surface area (Å²) >= 11 is 0. The Morgan fingerprint density at radius 2 is 1.46 bits per heavy atom. The highest BCUT2D eigenvalue weighted by Crippen LogP contribution is 2.34.